The molecule has 8 aromatic carbocycles. The zero-order valence-electron chi connectivity index (χ0n) is 30.8. The van der Waals surface area contributed by atoms with Gasteiger partial charge < -0.3 is 9.13 Å². The Hall–Kier alpha value is -6.78. The summed E-state index contributed by atoms with van der Waals surface area (Å²) in [4.78, 5) is 9.61. The van der Waals surface area contributed by atoms with Gasteiger partial charge in [-0.25, -0.2) is 9.97 Å². The van der Waals surface area contributed by atoms with Crippen molar-refractivity contribution in [1.82, 2.24) is 19.1 Å². The highest BCUT2D eigenvalue weighted by molar-refractivity contribution is 6.20. The van der Waals surface area contributed by atoms with Crippen LogP contribution >= 0.6 is 0 Å². The molecule has 0 saturated carbocycles. The molecule has 0 aliphatic rings. The SMILES string of the molecule is Cc1nc2ccc(-c3cccc4c(-c5cc(-c6ccccc6)ccc5-c5ccccc5)c5cccc(-c6ccc7nc(C)n(C)c7c6)c5cc34)cc2n1C. The molecule has 0 unspecified atom stereocenters. The predicted octanol–water partition coefficient (Wildman–Crippen LogP) is 12.7. The van der Waals surface area contributed by atoms with Gasteiger partial charge in [0.05, 0.1) is 22.1 Å². The van der Waals surface area contributed by atoms with Crippen LogP contribution < -0.4 is 0 Å². The molecule has 0 spiro atoms. The number of benzene rings is 8. The lowest BCUT2D eigenvalue weighted by molar-refractivity contribution is 0.886. The maximum atomic E-state index is 4.81. The summed E-state index contributed by atoms with van der Waals surface area (Å²) in [7, 11) is 4.20. The topological polar surface area (TPSA) is 35.6 Å². The van der Waals surface area contributed by atoms with Crippen molar-refractivity contribution in [3.63, 3.8) is 0 Å². The molecule has 0 aliphatic heterocycles. The summed E-state index contributed by atoms with van der Waals surface area (Å²) in [6.07, 6.45) is 0. The van der Waals surface area contributed by atoms with Crippen LogP contribution in [-0.4, -0.2) is 19.1 Å². The van der Waals surface area contributed by atoms with Gasteiger partial charge in [-0.3, -0.25) is 0 Å². The molecule has 258 valence electrons. The van der Waals surface area contributed by atoms with E-state index in [2.05, 4.69) is 195 Å². The average Bonchev–Trinajstić information content (AvgIpc) is 3.67. The Kier molecular flexibility index (Phi) is 7.34. The molecule has 4 heteroatoms. The second kappa shape index (κ2) is 12.4. The van der Waals surface area contributed by atoms with Crippen LogP contribution in [-0.2, 0) is 14.1 Å². The standard InChI is InChI=1S/C50H38N4/c1-31-51-46-25-22-36(28-48(46)53(31)3)38-17-11-19-41-43(38)30-44-39(37-23-26-47-49(29-37)54(4)32(2)52-47)18-12-20-42(44)50(41)45-27-35(33-13-7-5-8-14-33)21-24-40(45)34-15-9-6-10-16-34/h5-30H,1-4H3. The molecule has 0 amide bonds. The first-order valence-corrected chi connectivity index (χ1v) is 18.5. The van der Waals surface area contributed by atoms with Crippen LogP contribution in [0.5, 0.6) is 0 Å². The second-order valence-corrected chi connectivity index (χ2v) is 14.4. The number of hydrogen-bond donors (Lipinski definition) is 0. The third-order valence-corrected chi connectivity index (χ3v) is 11.4. The Balaban J connectivity index is 1.34. The second-order valence-electron chi connectivity index (χ2n) is 14.4. The van der Waals surface area contributed by atoms with Gasteiger partial charge >= 0.3 is 0 Å². The molecular formula is C50H38N4. The summed E-state index contributed by atoms with van der Waals surface area (Å²) in [5.41, 5.74) is 16.3. The average molecular weight is 695 g/mol. The van der Waals surface area contributed by atoms with Gasteiger partial charge in [0.1, 0.15) is 11.6 Å². The molecule has 0 radical (unpaired) electrons. The molecule has 0 N–H and O–H groups in total. The maximum absolute atomic E-state index is 4.81. The fraction of sp³-hybridized carbons (Fsp3) is 0.0800. The van der Waals surface area contributed by atoms with Gasteiger partial charge in [-0.05, 0) is 127 Å². The van der Waals surface area contributed by atoms with Crippen molar-refractivity contribution in [2.24, 2.45) is 14.1 Å². The van der Waals surface area contributed by atoms with Gasteiger partial charge in [0.2, 0.25) is 0 Å². The molecule has 54 heavy (non-hydrogen) atoms. The van der Waals surface area contributed by atoms with Crippen LogP contribution in [0.1, 0.15) is 11.6 Å². The number of aryl methyl sites for hydroxylation is 4. The van der Waals surface area contributed by atoms with E-state index in [0.29, 0.717) is 0 Å². The smallest absolute Gasteiger partial charge is 0.106 e. The maximum Gasteiger partial charge on any atom is 0.106 e. The molecule has 2 aromatic heterocycles. The predicted molar refractivity (Wildman–Crippen MR) is 227 cm³/mol. The molecule has 0 saturated heterocycles. The molecular weight excluding hydrogens is 657 g/mol. The van der Waals surface area contributed by atoms with Crippen LogP contribution in [0.3, 0.4) is 0 Å². The van der Waals surface area contributed by atoms with Crippen molar-refractivity contribution in [3.8, 4) is 55.6 Å². The number of hydrogen-bond acceptors (Lipinski definition) is 2. The zero-order valence-corrected chi connectivity index (χ0v) is 30.8. The summed E-state index contributed by atoms with van der Waals surface area (Å²) in [5.74, 6) is 2.01. The van der Waals surface area contributed by atoms with Crippen LogP contribution in [0.2, 0.25) is 0 Å². The highest BCUT2D eigenvalue weighted by atomic mass is 15.1. The van der Waals surface area contributed by atoms with Crippen molar-refractivity contribution in [2.45, 2.75) is 13.8 Å². The first kappa shape index (κ1) is 31.9. The molecule has 0 aliphatic carbocycles. The van der Waals surface area contributed by atoms with E-state index in [0.717, 1.165) is 33.7 Å². The lowest BCUT2D eigenvalue weighted by atomic mass is 9.83. The van der Waals surface area contributed by atoms with Gasteiger partial charge in [-0.15, -0.1) is 0 Å². The van der Waals surface area contributed by atoms with Gasteiger partial charge in [0, 0.05) is 14.1 Å². The summed E-state index contributed by atoms with van der Waals surface area (Å²) in [6.45, 7) is 4.13. The number of aromatic nitrogens is 4. The Morgan fingerprint density at radius 2 is 0.852 bits per heavy atom. The fourth-order valence-electron chi connectivity index (χ4n) is 8.35. The minimum Gasteiger partial charge on any atom is -0.331 e. The molecule has 4 nitrogen and oxygen atoms in total. The zero-order chi connectivity index (χ0) is 36.5. The van der Waals surface area contributed by atoms with Crippen molar-refractivity contribution in [2.75, 3.05) is 0 Å². The fourth-order valence-corrected chi connectivity index (χ4v) is 8.35. The Labute approximate surface area is 314 Å². The third-order valence-electron chi connectivity index (χ3n) is 11.4. The number of rotatable bonds is 5. The van der Waals surface area contributed by atoms with Crippen molar-refractivity contribution >= 4 is 43.6 Å². The van der Waals surface area contributed by atoms with E-state index in [1.54, 1.807) is 0 Å². The van der Waals surface area contributed by atoms with Gasteiger partial charge in [-0.2, -0.15) is 0 Å². The van der Waals surface area contributed by atoms with Crippen molar-refractivity contribution in [1.29, 1.82) is 0 Å². The van der Waals surface area contributed by atoms with Crippen LogP contribution in [0, 0.1) is 13.8 Å². The van der Waals surface area contributed by atoms with Gasteiger partial charge in [-0.1, -0.05) is 121 Å². The Bertz CT molecular complexity index is 2930. The molecule has 2 heterocycles. The van der Waals surface area contributed by atoms with E-state index in [-0.39, 0.29) is 0 Å². The first-order valence-electron chi connectivity index (χ1n) is 18.5. The number of nitrogens with zero attached hydrogens (tertiary/aromatic N) is 4. The molecule has 0 fully saturated rings. The Morgan fingerprint density at radius 3 is 1.39 bits per heavy atom. The minimum atomic E-state index is 1.00. The largest absolute Gasteiger partial charge is 0.331 e. The lowest BCUT2D eigenvalue weighted by Crippen LogP contribution is -1.94. The Morgan fingerprint density at radius 1 is 0.352 bits per heavy atom. The summed E-state index contributed by atoms with van der Waals surface area (Å²) < 4.78 is 4.36. The highest BCUT2D eigenvalue weighted by Gasteiger charge is 2.20. The van der Waals surface area contributed by atoms with E-state index in [4.69, 9.17) is 9.97 Å². The van der Waals surface area contributed by atoms with Crippen molar-refractivity contribution in [3.05, 3.63) is 169 Å². The van der Waals surface area contributed by atoms with Crippen LogP contribution in [0.25, 0.3) is 99.2 Å². The van der Waals surface area contributed by atoms with Gasteiger partial charge in [0.25, 0.3) is 0 Å². The third kappa shape index (κ3) is 5.06. The van der Waals surface area contributed by atoms with Crippen LogP contribution in [0.4, 0.5) is 0 Å². The number of imidazole rings is 2. The van der Waals surface area contributed by atoms with Crippen LogP contribution in [0.15, 0.2) is 158 Å². The van der Waals surface area contributed by atoms with E-state index >= 15 is 0 Å². The van der Waals surface area contributed by atoms with E-state index in [1.165, 1.54) is 77.2 Å². The van der Waals surface area contributed by atoms with Crippen molar-refractivity contribution < 1.29 is 0 Å². The molecule has 10 aromatic rings. The number of fused-ring (bicyclic) bond motifs is 4. The molecule has 10 rings (SSSR count). The summed E-state index contributed by atoms with van der Waals surface area (Å²) in [6, 6.07) is 57.9. The molecule has 0 bridgehead atoms. The normalized spacial score (nSPS) is 11.7. The van der Waals surface area contributed by atoms with E-state index in [9.17, 15) is 0 Å². The van der Waals surface area contributed by atoms with Gasteiger partial charge in [0.15, 0.2) is 0 Å². The van der Waals surface area contributed by atoms with E-state index in [1.807, 2.05) is 0 Å². The monoisotopic (exact) mass is 694 g/mol. The first-order chi connectivity index (χ1) is 26.4. The molecule has 0 atom stereocenters. The quantitative estimate of drug-likeness (QED) is 0.168. The van der Waals surface area contributed by atoms with E-state index < -0.39 is 0 Å². The highest BCUT2D eigenvalue weighted by Crippen LogP contribution is 2.47. The summed E-state index contributed by atoms with van der Waals surface area (Å²) in [5, 5.41) is 4.87. The summed E-state index contributed by atoms with van der Waals surface area (Å²) >= 11 is 0. The lowest BCUT2D eigenvalue weighted by Gasteiger charge is -2.20. The minimum absolute atomic E-state index is 1.00.